The van der Waals surface area contributed by atoms with E-state index in [1.54, 1.807) is 0 Å². The van der Waals surface area contributed by atoms with Crippen molar-refractivity contribution in [1.29, 1.82) is 5.41 Å². The van der Waals surface area contributed by atoms with Gasteiger partial charge in [-0.2, -0.15) is 0 Å². The van der Waals surface area contributed by atoms with E-state index >= 15 is 0 Å². The standard InChI is InChI=1S/C3H8N4/c4-1-3(6)7-2-5/h2H,1,4H2,(H3,5,6,7). The first kappa shape index (κ1) is 6.10. The van der Waals surface area contributed by atoms with E-state index in [9.17, 15) is 0 Å². The van der Waals surface area contributed by atoms with E-state index in [2.05, 4.69) is 4.99 Å². The van der Waals surface area contributed by atoms with E-state index in [-0.39, 0.29) is 12.4 Å². The third-order valence-electron chi connectivity index (χ3n) is 0.440. The second-order valence-electron chi connectivity index (χ2n) is 0.954. The van der Waals surface area contributed by atoms with Gasteiger partial charge in [0.25, 0.3) is 0 Å². The van der Waals surface area contributed by atoms with Gasteiger partial charge < -0.3 is 11.5 Å². The molecule has 0 amide bonds. The average Bonchev–Trinajstić information content (AvgIpc) is 1.68. The molecule has 4 heteroatoms. The van der Waals surface area contributed by atoms with Crippen molar-refractivity contribution >= 4 is 12.2 Å². The predicted molar refractivity (Wildman–Crippen MR) is 29.5 cm³/mol. The zero-order valence-electron chi connectivity index (χ0n) is 3.89. The van der Waals surface area contributed by atoms with Gasteiger partial charge in [-0.25, -0.2) is 4.99 Å². The lowest BCUT2D eigenvalue weighted by Crippen LogP contribution is -2.22. The normalized spacial score (nSPS) is 11.3. The lowest BCUT2D eigenvalue weighted by atomic mass is 10.6. The van der Waals surface area contributed by atoms with E-state index in [4.69, 9.17) is 16.9 Å². The minimum atomic E-state index is 0.218. The molecule has 0 aromatic rings. The fraction of sp³-hybridized carbons (Fsp3) is 0.333. The van der Waals surface area contributed by atoms with Gasteiger partial charge in [0, 0.05) is 0 Å². The van der Waals surface area contributed by atoms with Crippen LogP contribution >= 0.6 is 0 Å². The second kappa shape index (κ2) is 3.30. The van der Waals surface area contributed by atoms with Crippen LogP contribution in [0.2, 0.25) is 0 Å². The highest BCUT2D eigenvalue weighted by Crippen LogP contribution is 1.56. The Hall–Kier alpha value is -0.900. The van der Waals surface area contributed by atoms with Crippen LogP contribution in [-0.4, -0.2) is 18.7 Å². The monoisotopic (exact) mass is 100 g/mol. The lowest BCUT2D eigenvalue weighted by molar-refractivity contribution is 1.27. The number of amidine groups is 1. The molecular weight excluding hydrogens is 92.1 g/mol. The number of hydrogen-bond donors (Lipinski definition) is 3. The summed E-state index contributed by atoms with van der Waals surface area (Å²) in [4.78, 5) is 3.35. The van der Waals surface area contributed by atoms with Crippen LogP contribution in [0, 0.1) is 5.41 Å². The zero-order chi connectivity index (χ0) is 5.70. The fourth-order valence-corrected chi connectivity index (χ4v) is 0.136. The van der Waals surface area contributed by atoms with Crippen molar-refractivity contribution in [3.63, 3.8) is 0 Å². The minimum absolute atomic E-state index is 0.218. The van der Waals surface area contributed by atoms with Crippen molar-refractivity contribution in [3.8, 4) is 0 Å². The van der Waals surface area contributed by atoms with E-state index < -0.39 is 0 Å². The first-order valence-electron chi connectivity index (χ1n) is 1.82. The van der Waals surface area contributed by atoms with Gasteiger partial charge in [0.2, 0.25) is 0 Å². The van der Waals surface area contributed by atoms with Crippen LogP contribution in [0.15, 0.2) is 4.99 Å². The molecule has 0 atom stereocenters. The van der Waals surface area contributed by atoms with Crippen molar-refractivity contribution in [1.82, 2.24) is 0 Å². The number of aliphatic imine (C=N–C) groups is 1. The Kier molecular flexibility index (Phi) is 2.87. The Balaban J connectivity index is 3.49. The van der Waals surface area contributed by atoms with Gasteiger partial charge in [-0.3, -0.25) is 5.41 Å². The molecule has 0 heterocycles. The van der Waals surface area contributed by atoms with Gasteiger partial charge in [-0.1, -0.05) is 0 Å². The largest absolute Gasteiger partial charge is 0.386 e. The van der Waals surface area contributed by atoms with Crippen LogP contribution in [0.25, 0.3) is 0 Å². The van der Waals surface area contributed by atoms with E-state index in [1.807, 2.05) is 0 Å². The number of rotatable bonds is 2. The van der Waals surface area contributed by atoms with Gasteiger partial charge in [-0.15, -0.1) is 0 Å². The molecule has 0 aromatic carbocycles. The third kappa shape index (κ3) is 2.92. The van der Waals surface area contributed by atoms with Crippen molar-refractivity contribution in [3.05, 3.63) is 0 Å². The molecule has 0 saturated carbocycles. The molecule has 40 valence electrons. The molecule has 0 aromatic heterocycles. The Morgan fingerprint density at radius 3 is 2.57 bits per heavy atom. The molecule has 0 aliphatic carbocycles. The molecule has 0 fully saturated rings. The van der Waals surface area contributed by atoms with Gasteiger partial charge in [0.05, 0.1) is 6.54 Å². The van der Waals surface area contributed by atoms with Crippen molar-refractivity contribution in [2.75, 3.05) is 6.54 Å². The second-order valence-corrected chi connectivity index (χ2v) is 0.954. The van der Waals surface area contributed by atoms with Crippen LogP contribution < -0.4 is 11.5 Å². The predicted octanol–water partition coefficient (Wildman–Crippen LogP) is -1.09. The summed E-state index contributed by atoms with van der Waals surface area (Å²) in [5.74, 6) is 0.287. The van der Waals surface area contributed by atoms with Crippen molar-refractivity contribution in [2.24, 2.45) is 16.5 Å². The summed E-state index contributed by atoms with van der Waals surface area (Å²) in [7, 11) is 0. The van der Waals surface area contributed by atoms with Gasteiger partial charge in [0.15, 0.2) is 0 Å². The van der Waals surface area contributed by atoms with Crippen LogP contribution in [0.5, 0.6) is 0 Å². The minimum Gasteiger partial charge on any atom is -0.386 e. The molecule has 0 saturated heterocycles. The molecule has 0 rings (SSSR count). The van der Waals surface area contributed by atoms with Crippen LogP contribution in [0.1, 0.15) is 0 Å². The fourth-order valence-electron chi connectivity index (χ4n) is 0.136. The lowest BCUT2D eigenvalue weighted by Gasteiger charge is -1.85. The molecule has 0 radical (unpaired) electrons. The molecular formula is C3H8N4. The Morgan fingerprint density at radius 2 is 2.43 bits per heavy atom. The number of nitrogens with two attached hydrogens (primary N) is 2. The summed E-state index contributed by atoms with van der Waals surface area (Å²) in [5.41, 5.74) is 10.1. The first-order valence-corrected chi connectivity index (χ1v) is 1.82. The highest BCUT2D eigenvalue weighted by atomic mass is 14.9. The molecule has 0 aliphatic rings. The Morgan fingerprint density at radius 1 is 1.86 bits per heavy atom. The summed E-state index contributed by atoms with van der Waals surface area (Å²) in [6, 6.07) is 0. The summed E-state index contributed by atoms with van der Waals surface area (Å²) < 4.78 is 0. The quantitative estimate of drug-likeness (QED) is 0.304. The average molecular weight is 100 g/mol. The van der Waals surface area contributed by atoms with Crippen LogP contribution in [0.3, 0.4) is 0 Å². The maximum atomic E-state index is 6.39. The summed E-state index contributed by atoms with van der Waals surface area (Å²) >= 11 is 0. The molecule has 5 N–H and O–H groups in total. The highest BCUT2D eigenvalue weighted by Gasteiger charge is 1.77. The van der Waals surface area contributed by atoms with Gasteiger partial charge in [-0.05, 0) is 0 Å². The smallest absolute Gasteiger partial charge is 0.115 e. The Labute approximate surface area is 41.7 Å². The first-order chi connectivity index (χ1) is 3.31. The van der Waals surface area contributed by atoms with E-state index in [1.165, 1.54) is 0 Å². The van der Waals surface area contributed by atoms with Crippen LogP contribution in [0.4, 0.5) is 0 Å². The molecule has 0 unspecified atom stereocenters. The molecule has 0 bridgehead atoms. The van der Waals surface area contributed by atoms with E-state index in [0.717, 1.165) is 6.34 Å². The SMILES string of the molecule is N=CN=C(N)CN. The van der Waals surface area contributed by atoms with Crippen LogP contribution in [-0.2, 0) is 0 Å². The number of hydrogen-bond acceptors (Lipinski definition) is 2. The summed E-state index contributed by atoms with van der Waals surface area (Å²) in [5, 5.41) is 6.39. The van der Waals surface area contributed by atoms with Gasteiger partial charge in [0.1, 0.15) is 12.2 Å². The highest BCUT2D eigenvalue weighted by molar-refractivity contribution is 5.88. The maximum Gasteiger partial charge on any atom is 0.115 e. The molecule has 0 spiro atoms. The topological polar surface area (TPSA) is 88.2 Å². The molecule has 7 heavy (non-hydrogen) atoms. The number of nitrogens with one attached hydrogen (secondary N) is 1. The Bertz CT molecular complexity index is 84.9. The van der Waals surface area contributed by atoms with Gasteiger partial charge >= 0.3 is 0 Å². The zero-order valence-corrected chi connectivity index (χ0v) is 3.89. The third-order valence-corrected chi connectivity index (χ3v) is 0.440. The maximum absolute atomic E-state index is 6.39. The van der Waals surface area contributed by atoms with Crippen molar-refractivity contribution in [2.45, 2.75) is 0 Å². The molecule has 4 nitrogen and oxygen atoms in total. The molecule has 0 aliphatic heterocycles. The van der Waals surface area contributed by atoms with Crippen molar-refractivity contribution < 1.29 is 0 Å². The summed E-state index contributed by atoms with van der Waals surface area (Å²) in [6.45, 7) is 0.218. The van der Waals surface area contributed by atoms with E-state index in [0.29, 0.717) is 0 Å². The summed E-state index contributed by atoms with van der Waals surface area (Å²) in [6.07, 6.45) is 0.863. The number of nitrogens with zero attached hydrogens (tertiary/aromatic N) is 1.